The molecule has 0 spiro atoms. The Bertz CT molecular complexity index is 704. The van der Waals surface area contributed by atoms with Crippen molar-refractivity contribution in [1.82, 2.24) is 15.5 Å². The van der Waals surface area contributed by atoms with Gasteiger partial charge in [-0.2, -0.15) is 0 Å². The topological polar surface area (TPSA) is 61.4 Å². The monoisotopic (exact) mass is 632 g/mol. The normalized spacial score (nSPS) is 12.3. The van der Waals surface area contributed by atoms with Crippen molar-refractivity contribution in [1.29, 1.82) is 0 Å². The number of nitrogens with one attached hydrogen (secondary N) is 2. The average molecular weight is 632 g/mol. The lowest BCUT2D eigenvalue weighted by atomic mass is 10.0. The van der Waals surface area contributed by atoms with Crippen LogP contribution in [0.3, 0.4) is 0 Å². The number of hydrogen-bond acceptors (Lipinski definition) is 3. The van der Waals surface area contributed by atoms with E-state index in [9.17, 15) is 9.59 Å². The quantitative estimate of drug-likeness (QED) is 0.0548. The molecule has 0 aromatic rings. The highest BCUT2D eigenvalue weighted by atomic mass is 16.2. The molecule has 0 bridgehead atoms. The highest BCUT2D eigenvalue weighted by molar-refractivity contribution is 5.89. The van der Waals surface area contributed by atoms with Gasteiger partial charge in [-0.05, 0) is 50.8 Å². The van der Waals surface area contributed by atoms with Crippen LogP contribution in [0, 0.1) is 0 Å². The molecule has 45 heavy (non-hydrogen) atoms. The van der Waals surface area contributed by atoms with E-state index in [4.69, 9.17) is 0 Å². The Balaban J connectivity index is 3.89. The van der Waals surface area contributed by atoms with Crippen LogP contribution in [0.25, 0.3) is 0 Å². The van der Waals surface area contributed by atoms with Gasteiger partial charge in [-0.25, -0.2) is 0 Å². The van der Waals surface area contributed by atoms with Crippen molar-refractivity contribution in [2.75, 3.05) is 20.6 Å². The van der Waals surface area contributed by atoms with Crippen LogP contribution >= 0.6 is 0 Å². The molecule has 1 atom stereocenters. The molecule has 2 N–H and O–H groups in total. The van der Waals surface area contributed by atoms with Crippen LogP contribution in [0.1, 0.15) is 194 Å². The van der Waals surface area contributed by atoms with E-state index in [2.05, 4.69) is 36.6 Å². The molecule has 0 heterocycles. The zero-order valence-electron chi connectivity index (χ0n) is 30.7. The zero-order valence-corrected chi connectivity index (χ0v) is 30.7. The third-order valence-electron chi connectivity index (χ3n) is 8.67. The molecule has 2 amide bonds. The van der Waals surface area contributed by atoms with Gasteiger partial charge in [0.15, 0.2) is 0 Å². The van der Waals surface area contributed by atoms with Gasteiger partial charge in [-0.3, -0.25) is 9.59 Å². The number of allylic oxidation sites excluding steroid dienone is 2. The van der Waals surface area contributed by atoms with Gasteiger partial charge in [0.05, 0.1) is 0 Å². The third kappa shape index (κ3) is 33.4. The van der Waals surface area contributed by atoms with Gasteiger partial charge in [0.25, 0.3) is 0 Å². The molecule has 5 heteroatoms. The first-order chi connectivity index (χ1) is 22.0. The predicted octanol–water partition coefficient (Wildman–Crippen LogP) is 11.2. The molecular formula is C40H77N3O2. The number of nitrogens with zero attached hydrogens (tertiary/aromatic N) is 1. The molecule has 0 saturated carbocycles. The fourth-order valence-corrected chi connectivity index (χ4v) is 5.70. The van der Waals surface area contributed by atoms with E-state index in [-0.39, 0.29) is 11.8 Å². The summed E-state index contributed by atoms with van der Waals surface area (Å²) < 4.78 is 0. The van der Waals surface area contributed by atoms with Crippen molar-refractivity contribution in [2.24, 2.45) is 0 Å². The molecule has 0 aliphatic carbocycles. The maximum atomic E-state index is 12.8. The van der Waals surface area contributed by atoms with Crippen LogP contribution in [0.4, 0.5) is 0 Å². The maximum absolute atomic E-state index is 12.8. The number of rotatable bonds is 34. The van der Waals surface area contributed by atoms with Crippen molar-refractivity contribution in [3.8, 4) is 0 Å². The molecule has 0 rings (SSSR count). The number of carbonyl (C=O) groups is 2. The van der Waals surface area contributed by atoms with Crippen LogP contribution in [0.5, 0.6) is 0 Å². The van der Waals surface area contributed by atoms with Crippen molar-refractivity contribution < 1.29 is 9.59 Å². The number of hydrogen-bond donors (Lipinski definition) is 2. The van der Waals surface area contributed by atoms with Crippen LogP contribution in [-0.2, 0) is 9.59 Å². The fourth-order valence-electron chi connectivity index (χ4n) is 5.70. The van der Waals surface area contributed by atoms with Gasteiger partial charge in [-0.15, -0.1) is 0 Å². The number of amides is 2. The minimum absolute atomic E-state index is 0.0346. The lowest BCUT2D eigenvalue weighted by molar-refractivity contribution is -0.128. The molecule has 5 nitrogen and oxygen atoms in total. The minimum Gasteiger partial charge on any atom is -0.384 e. The molecule has 0 aromatic heterocycles. The summed E-state index contributed by atoms with van der Waals surface area (Å²) >= 11 is 0. The fraction of sp³-hybridized carbons (Fsp3) is 0.850. The predicted molar refractivity (Wildman–Crippen MR) is 198 cm³/mol. The Morgan fingerprint density at radius 2 is 0.956 bits per heavy atom. The first kappa shape index (κ1) is 43.2. The lowest BCUT2D eigenvalue weighted by Gasteiger charge is -2.16. The van der Waals surface area contributed by atoms with Crippen molar-refractivity contribution in [3.63, 3.8) is 0 Å². The van der Waals surface area contributed by atoms with E-state index in [0.717, 1.165) is 25.7 Å². The highest BCUT2D eigenvalue weighted by Crippen LogP contribution is 2.13. The molecule has 0 radical (unpaired) electrons. The Morgan fingerprint density at radius 1 is 0.556 bits per heavy atom. The Morgan fingerprint density at radius 3 is 1.40 bits per heavy atom. The molecule has 0 aliphatic heterocycles. The van der Waals surface area contributed by atoms with Gasteiger partial charge in [0.1, 0.15) is 6.04 Å². The maximum Gasteiger partial charge on any atom is 0.246 e. The standard InChI is InChI=1S/C40H77N3O2/c1-5-7-9-11-13-15-17-19-21-22-24-26-28-30-32-34-39(44)42-38(35-37-43(3)4)40(45)41-36-33-31-29-27-25-23-20-18-16-14-12-10-8-6-2/h19,21,35,37-38H,5-18,20,22-34,36H2,1-4H3,(H,41,45)(H,42,44). The number of unbranched alkanes of at least 4 members (excludes halogenated alkanes) is 24. The molecule has 1 unspecified atom stereocenters. The van der Waals surface area contributed by atoms with E-state index in [0.29, 0.717) is 13.0 Å². The van der Waals surface area contributed by atoms with E-state index >= 15 is 0 Å². The lowest BCUT2D eigenvalue weighted by Crippen LogP contribution is -2.46. The van der Waals surface area contributed by atoms with Gasteiger partial charge in [0, 0.05) is 27.1 Å². The third-order valence-corrected chi connectivity index (χ3v) is 8.67. The summed E-state index contributed by atoms with van der Waals surface area (Å²) in [6, 6.07) is -0.616. The van der Waals surface area contributed by atoms with Crippen molar-refractivity contribution in [3.05, 3.63) is 24.4 Å². The Labute approximate surface area is 281 Å². The van der Waals surface area contributed by atoms with E-state index in [1.54, 1.807) is 6.08 Å². The molecule has 0 saturated heterocycles. The smallest absolute Gasteiger partial charge is 0.246 e. The van der Waals surface area contributed by atoms with Crippen LogP contribution in [-0.4, -0.2) is 43.4 Å². The van der Waals surface area contributed by atoms with Crippen LogP contribution < -0.4 is 10.6 Å². The Kier molecular flexibility index (Phi) is 33.7. The van der Waals surface area contributed by atoms with Gasteiger partial charge >= 0.3 is 0 Å². The van der Waals surface area contributed by atoms with Crippen molar-refractivity contribution in [2.45, 2.75) is 200 Å². The van der Waals surface area contributed by atoms with Gasteiger partial charge in [-0.1, -0.05) is 161 Å². The summed E-state index contributed by atoms with van der Waals surface area (Å²) in [7, 11) is 3.85. The summed E-state index contributed by atoms with van der Waals surface area (Å²) in [4.78, 5) is 27.3. The molecule has 264 valence electrons. The van der Waals surface area contributed by atoms with E-state index in [1.165, 1.54) is 148 Å². The largest absolute Gasteiger partial charge is 0.384 e. The van der Waals surface area contributed by atoms with Crippen molar-refractivity contribution >= 4 is 11.8 Å². The SMILES string of the molecule is CCCCCCCCC=CCCCCCCCC(=O)NC(C=CN(C)C)C(=O)NCCCCCCCCCCCCCCCC. The Hall–Kier alpha value is -1.78. The second kappa shape index (κ2) is 35.1. The van der Waals surface area contributed by atoms with Crippen LogP contribution in [0.15, 0.2) is 24.4 Å². The summed E-state index contributed by atoms with van der Waals surface area (Å²) in [5.74, 6) is -0.145. The van der Waals surface area contributed by atoms with Gasteiger partial charge < -0.3 is 15.5 Å². The molecule has 0 aromatic carbocycles. The highest BCUT2D eigenvalue weighted by Gasteiger charge is 2.17. The van der Waals surface area contributed by atoms with Crippen LogP contribution in [0.2, 0.25) is 0 Å². The summed E-state index contributed by atoms with van der Waals surface area (Å²) in [6.45, 7) is 5.22. The molecular weight excluding hydrogens is 554 g/mol. The molecule has 0 aliphatic rings. The first-order valence-corrected chi connectivity index (χ1v) is 19.6. The average Bonchev–Trinajstić information content (AvgIpc) is 3.02. The van der Waals surface area contributed by atoms with E-state index in [1.807, 2.05) is 25.2 Å². The number of carbonyl (C=O) groups excluding carboxylic acids is 2. The minimum atomic E-state index is -0.616. The second-order valence-corrected chi connectivity index (χ2v) is 13.6. The molecule has 0 fully saturated rings. The van der Waals surface area contributed by atoms with E-state index < -0.39 is 6.04 Å². The summed E-state index contributed by atoms with van der Waals surface area (Å²) in [5, 5.41) is 6.00. The summed E-state index contributed by atoms with van der Waals surface area (Å²) in [5.41, 5.74) is 0. The first-order valence-electron chi connectivity index (χ1n) is 19.6. The summed E-state index contributed by atoms with van der Waals surface area (Å²) in [6.07, 6.45) is 43.5. The second-order valence-electron chi connectivity index (χ2n) is 13.6. The zero-order chi connectivity index (χ0) is 33.1. The van der Waals surface area contributed by atoms with Gasteiger partial charge in [0.2, 0.25) is 11.8 Å².